The van der Waals surface area contributed by atoms with E-state index < -0.39 is 5.97 Å². The molecule has 0 saturated heterocycles. The van der Waals surface area contributed by atoms with Gasteiger partial charge < -0.3 is 5.11 Å². The molecule has 0 fully saturated rings. The maximum atomic E-state index is 9.00. The molecule has 0 aliphatic carbocycles. The highest BCUT2D eigenvalue weighted by molar-refractivity contribution is 5.62. The highest BCUT2D eigenvalue weighted by Gasteiger charge is 1.80. The molecule has 1 N–H and O–H groups in total. The van der Waals surface area contributed by atoms with Crippen LogP contribution < -0.4 is 0 Å². The standard InChI is InChI=1S/C6H4N2.C2H4O2/c7-5-6-1-3-8-4-2-6;1-2(3)4/h1-4H;1H3,(H,3,4). The van der Waals surface area contributed by atoms with E-state index in [2.05, 4.69) is 4.98 Å². The van der Waals surface area contributed by atoms with Gasteiger partial charge >= 0.3 is 0 Å². The Labute approximate surface area is 70.1 Å². The van der Waals surface area contributed by atoms with Crippen LogP contribution in [0.25, 0.3) is 0 Å². The number of nitrogens with zero attached hydrogens (tertiary/aromatic N) is 2. The first-order valence-corrected chi connectivity index (χ1v) is 3.16. The fourth-order valence-electron chi connectivity index (χ4n) is 0.426. The Bertz CT molecular complexity index is 273. The number of carboxylic acid groups (broad SMARTS) is 1. The summed E-state index contributed by atoms with van der Waals surface area (Å²) >= 11 is 0. The second kappa shape index (κ2) is 5.86. The van der Waals surface area contributed by atoms with Crippen LogP contribution in [0.1, 0.15) is 12.5 Å². The molecular formula is C8H8N2O2. The van der Waals surface area contributed by atoms with Gasteiger partial charge in [0.25, 0.3) is 5.97 Å². The third-order valence-corrected chi connectivity index (χ3v) is 0.809. The number of aliphatic carboxylic acids is 1. The average Bonchev–Trinajstić information content (AvgIpc) is 2.05. The van der Waals surface area contributed by atoms with Crippen LogP contribution in [0.4, 0.5) is 0 Å². The molecule has 0 aromatic carbocycles. The van der Waals surface area contributed by atoms with Crippen LogP contribution in [0.15, 0.2) is 24.5 Å². The van der Waals surface area contributed by atoms with Crippen molar-refractivity contribution in [3.63, 3.8) is 0 Å². The quantitative estimate of drug-likeness (QED) is 0.621. The van der Waals surface area contributed by atoms with Crippen LogP contribution in [0.3, 0.4) is 0 Å². The Morgan fingerprint density at radius 1 is 1.58 bits per heavy atom. The molecule has 0 saturated carbocycles. The molecule has 0 aliphatic rings. The number of rotatable bonds is 0. The number of aromatic nitrogens is 1. The van der Waals surface area contributed by atoms with Gasteiger partial charge in [-0.2, -0.15) is 5.26 Å². The van der Waals surface area contributed by atoms with Crippen molar-refractivity contribution in [2.45, 2.75) is 6.92 Å². The van der Waals surface area contributed by atoms with Crippen molar-refractivity contribution in [1.82, 2.24) is 4.98 Å². The van der Waals surface area contributed by atoms with Gasteiger partial charge in [0.2, 0.25) is 0 Å². The lowest BCUT2D eigenvalue weighted by Gasteiger charge is -1.79. The van der Waals surface area contributed by atoms with Gasteiger partial charge in [0.05, 0.1) is 11.6 Å². The van der Waals surface area contributed by atoms with Gasteiger partial charge in [0.1, 0.15) is 0 Å². The number of carboxylic acids is 1. The van der Waals surface area contributed by atoms with Crippen molar-refractivity contribution in [3.8, 4) is 6.07 Å². The third kappa shape index (κ3) is 6.23. The summed E-state index contributed by atoms with van der Waals surface area (Å²) in [5.41, 5.74) is 0.653. The minimum atomic E-state index is -0.833. The van der Waals surface area contributed by atoms with Crippen molar-refractivity contribution in [3.05, 3.63) is 30.1 Å². The number of hydrogen-bond donors (Lipinski definition) is 1. The van der Waals surface area contributed by atoms with E-state index in [1.807, 2.05) is 6.07 Å². The number of hydrogen-bond acceptors (Lipinski definition) is 3. The molecule has 0 amide bonds. The number of carbonyl (C=O) groups is 1. The van der Waals surface area contributed by atoms with Crippen molar-refractivity contribution < 1.29 is 9.90 Å². The molecule has 1 aromatic rings. The SMILES string of the molecule is CC(=O)O.N#Cc1ccncc1. The first-order chi connectivity index (χ1) is 5.66. The predicted molar refractivity (Wildman–Crippen MR) is 42.3 cm³/mol. The second-order valence-electron chi connectivity index (χ2n) is 1.87. The Hall–Kier alpha value is -1.89. The molecule has 1 heterocycles. The monoisotopic (exact) mass is 164 g/mol. The molecule has 1 rings (SSSR count). The highest BCUT2D eigenvalue weighted by Crippen LogP contribution is 1.89. The lowest BCUT2D eigenvalue weighted by molar-refractivity contribution is -0.134. The smallest absolute Gasteiger partial charge is 0.300 e. The fourth-order valence-corrected chi connectivity index (χ4v) is 0.426. The van der Waals surface area contributed by atoms with E-state index in [9.17, 15) is 0 Å². The summed E-state index contributed by atoms with van der Waals surface area (Å²) in [6.07, 6.45) is 3.19. The van der Waals surface area contributed by atoms with Crippen LogP contribution in [0.2, 0.25) is 0 Å². The zero-order valence-corrected chi connectivity index (χ0v) is 6.56. The molecule has 0 spiro atoms. The van der Waals surface area contributed by atoms with E-state index in [1.54, 1.807) is 24.5 Å². The van der Waals surface area contributed by atoms with Crippen LogP contribution in [0, 0.1) is 11.3 Å². The predicted octanol–water partition coefficient (Wildman–Crippen LogP) is 1.04. The Morgan fingerprint density at radius 2 is 2.00 bits per heavy atom. The minimum absolute atomic E-state index is 0.653. The van der Waals surface area contributed by atoms with Crippen LogP contribution >= 0.6 is 0 Å². The summed E-state index contributed by atoms with van der Waals surface area (Å²) in [4.78, 5) is 12.7. The molecule has 0 unspecified atom stereocenters. The van der Waals surface area contributed by atoms with Gasteiger partial charge in [0, 0.05) is 19.3 Å². The molecule has 0 aliphatic heterocycles. The summed E-state index contributed by atoms with van der Waals surface area (Å²) in [6, 6.07) is 5.32. The maximum Gasteiger partial charge on any atom is 0.300 e. The van der Waals surface area contributed by atoms with E-state index in [4.69, 9.17) is 15.2 Å². The van der Waals surface area contributed by atoms with Gasteiger partial charge in [-0.05, 0) is 12.1 Å². The summed E-state index contributed by atoms with van der Waals surface area (Å²) in [5.74, 6) is -0.833. The van der Waals surface area contributed by atoms with Crippen molar-refractivity contribution >= 4 is 5.97 Å². The van der Waals surface area contributed by atoms with E-state index in [0.29, 0.717) is 5.56 Å². The average molecular weight is 164 g/mol. The number of nitriles is 1. The Kier molecular flexibility index (Phi) is 4.94. The maximum absolute atomic E-state index is 9.00. The first-order valence-electron chi connectivity index (χ1n) is 3.16. The minimum Gasteiger partial charge on any atom is -0.481 e. The topological polar surface area (TPSA) is 74.0 Å². The van der Waals surface area contributed by atoms with Gasteiger partial charge in [-0.25, -0.2) is 0 Å². The van der Waals surface area contributed by atoms with Gasteiger partial charge in [-0.15, -0.1) is 0 Å². The molecule has 4 heteroatoms. The fraction of sp³-hybridized carbons (Fsp3) is 0.125. The molecule has 4 nitrogen and oxygen atoms in total. The summed E-state index contributed by atoms with van der Waals surface area (Å²) in [6.45, 7) is 1.08. The normalized spacial score (nSPS) is 7.33. The van der Waals surface area contributed by atoms with E-state index in [0.717, 1.165) is 6.92 Å². The largest absolute Gasteiger partial charge is 0.481 e. The second-order valence-corrected chi connectivity index (χ2v) is 1.87. The van der Waals surface area contributed by atoms with Gasteiger partial charge in [0.15, 0.2) is 0 Å². The highest BCUT2D eigenvalue weighted by atomic mass is 16.4. The summed E-state index contributed by atoms with van der Waals surface area (Å²) in [5, 5.41) is 15.7. The van der Waals surface area contributed by atoms with E-state index in [-0.39, 0.29) is 0 Å². The third-order valence-electron chi connectivity index (χ3n) is 0.809. The summed E-state index contributed by atoms with van der Waals surface area (Å²) < 4.78 is 0. The van der Waals surface area contributed by atoms with Gasteiger partial charge in [-0.3, -0.25) is 9.78 Å². The van der Waals surface area contributed by atoms with Crippen molar-refractivity contribution in [1.29, 1.82) is 5.26 Å². The molecule has 1 aromatic heterocycles. The van der Waals surface area contributed by atoms with Gasteiger partial charge in [-0.1, -0.05) is 0 Å². The first kappa shape index (κ1) is 10.1. The molecule has 12 heavy (non-hydrogen) atoms. The van der Waals surface area contributed by atoms with E-state index >= 15 is 0 Å². The Morgan fingerprint density at radius 3 is 2.25 bits per heavy atom. The van der Waals surface area contributed by atoms with Crippen LogP contribution in [-0.4, -0.2) is 16.1 Å². The zero-order chi connectivity index (χ0) is 9.40. The van der Waals surface area contributed by atoms with Crippen molar-refractivity contribution in [2.24, 2.45) is 0 Å². The summed E-state index contributed by atoms with van der Waals surface area (Å²) in [7, 11) is 0. The number of pyridine rings is 1. The molecule has 0 atom stereocenters. The lowest BCUT2D eigenvalue weighted by atomic mass is 10.3. The van der Waals surface area contributed by atoms with E-state index in [1.165, 1.54) is 0 Å². The lowest BCUT2D eigenvalue weighted by Crippen LogP contribution is -1.78. The van der Waals surface area contributed by atoms with Crippen molar-refractivity contribution in [2.75, 3.05) is 0 Å². The zero-order valence-electron chi connectivity index (χ0n) is 6.56. The molecule has 0 bridgehead atoms. The van der Waals surface area contributed by atoms with Crippen LogP contribution in [0.5, 0.6) is 0 Å². The molecule has 0 radical (unpaired) electrons. The molecular weight excluding hydrogens is 156 g/mol. The Balaban J connectivity index is 0.000000261. The van der Waals surface area contributed by atoms with Crippen LogP contribution in [-0.2, 0) is 4.79 Å². The molecule has 62 valence electrons.